The molecule has 2 N–H and O–H groups in total. The Labute approximate surface area is 127 Å². The van der Waals surface area contributed by atoms with Crippen LogP contribution in [-0.2, 0) is 9.59 Å². The van der Waals surface area contributed by atoms with Gasteiger partial charge in [0.1, 0.15) is 6.04 Å². The van der Waals surface area contributed by atoms with Gasteiger partial charge in [-0.05, 0) is 43.9 Å². The Kier molecular flexibility index (Phi) is 4.81. The fourth-order valence-corrected chi connectivity index (χ4v) is 2.72. The molecule has 108 valence electrons. The van der Waals surface area contributed by atoms with E-state index in [4.69, 9.17) is 0 Å². The molecule has 1 aliphatic carbocycles. The van der Waals surface area contributed by atoms with E-state index in [1.807, 2.05) is 31.2 Å². The minimum atomic E-state index is -0.480. The van der Waals surface area contributed by atoms with Gasteiger partial charge in [-0.3, -0.25) is 9.59 Å². The Balaban J connectivity index is 1.88. The van der Waals surface area contributed by atoms with Gasteiger partial charge in [0.15, 0.2) is 0 Å². The first-order valence-electron chi connectivity index (χ1n) is 6.86. The summed E-state index contributed by atoms with van der Waals surface area (Å²) in [5.41, 5.74) is 1.17. The van der Waals surface area contributed by atoms with Crippen molar-refractivity contribution in [3.8, 4) is 0 Å². The number of hydrogen-bond donors (Lipinski definition) is 2. The standard InChI is InChI=1S/C15H19BrN2O2/c1-3-17-14(19)9(2)18-15(20)13-8-12(13)10-5-4-6-11(16)7-10/h4-7,9,12-13H,3,8H2,1-2H3,(H,17,19)(H,18,20)/t9-,12+,13-/m0/s1. The molecule has 0 spiro atoms. The van der Waals surface area contributed by atoms with E-state index in [1.165, 1.54) is 5.56 Å². The van der Waals surface area contributed by atoms with Crippen LogP contribution in [0.5, 0.6) is 0 Å². The molecule has 3 atom stereocenters. The molecule has 1 saturated carbocycles. The van der Waals surface area contributed by atoms with Crippen LogP contribution in [0.4, 0.5) is 0 Å². The van der Waals surface area contributed by atoms with E-state index in [9.17, 15) is 9.59 Å². The van der Waals surface area contributed by atoms with E-state index in [0.29, 0.717) is 6.54 Å². The van der Waals surface area contributed by atoms with Crippen molar-refractivity contribution in [2.24, 2.45) is 5.92 Å². The van der Waals surface area contributed by atoms with Crippen molar-refractivity contribution in [2.45, 2.75) is 32.2 Å². The molecule has 0 saturated heterocycles. The van der Waals surface area contributed by atoms with Crippen LogP contribution in [0.25, 0.3) is 0 Å². The summed E-state index contributed by atoms with van der Waals surface area (Å²) in [7, 11) is 0. The monoisotopic (exact) mass is 338 g/mol. The molecule has 1 aromatic rings. The van der Waals surface area contributed by atoms with Gasteiger partial charge in [0.05, 0.1) is 0 Å². The van der Waals surface area contributed by atoms with Crippen LogP contribution in [0.3, 0.4) is 0 Å². The average Bonchev–Trinajstić information content (AvgIpc) is 3.19. The largest absolute Gasteiger partial charge is 0.355 e. The van der Waals surface area contributed by atoms with E-state index in [-0.39, 0.29) is 23.7 Å². The normalized spacial score (nSPS) is 21.9. The van der Waals surface area contributed by atoms with Gasteiger partial charge in [-0.2, -0.15) is 0 Å². The Morgan fingerprint density at radius 2 is 2.20 bits per heavy atom. The van der Waals surface area contributed by atoms with Gasteiger partial charge in [0, 0.05) is 16.9 Å². The number of nitrogens with one attached hydrogen (secondary N) is 2. The Bertz CT molecular complexity index is 518. The highest BCUT2D eigenvalue weighted by molar-refractivity contribution is 9.10. The fourth-order valence-electron chi connectivity index (χ4n) is 2.30. The molecule has 1 aliphatic rings. The number of amides is 2. The molecule has 5 heteroatoms. The molecule has 0 bridgehead atoms. The van der Waals surface area contributed by atoms with E-state index in [0.717, 1.165) is 10.9 Å². The molecule has 0 unspecified atom stereocenters. The maximum Gasteiger partial charge on any atom is 0.242 e. The summed E-state index contributed by atoms with van der Waals surface area (Å²) < 4.78 is 1.02. The highest BCUT2D eigenvalue weighted by Gasteiger charge is 2.44. The molecule has 4 nitrogen and oxygen atoms in total. The summed E-state index contributed by atoms with van der Waals surface area (Å²) in [5, 5.41) is 5.48. The topological polar surface area (TPSA) is 58.2 Å². The molecule has 0 aromatic heterocycles. The van der Waals surface area contributed by atoms with Gasteiger partial charge in [-0.1, -0.05) is 28.1 Å². The molecule has 20 heavy (non-hydrogen) atoms. The van der Waals surface area contributed by atoms with Crippen molar-refractivity contribution in [3.63, 3.8) is 0 Å². The smallest absolute Gasteiger partial charge is 0.242 e. The van der Waals surface area contributed by atoms with Crippen LogP contribution < -0.4 is 10.6 Å². The van der Waals surface area contributed by atoms with Crippen molar-refractivity contribution < 1.29 is 9.59 Å². The molecule has 0 heterocycles. The summed E-state index contributed by atoms with van der Waals surface area (Å²) >= 11 is 3.44. The predicted molar refractivity (Wildman–Crippen MR) is 81.3 cm³/mol. The molecule has 1 aromatic carbocycles. The zero-order chi connectivity index (χ0) is 14.7. The van der Waals surface area contributed by atoms with Crippen LogP contribution in [0.2, 0.25) is 0 Å². The third-order valence-electron chi connectivity index (χ3n) is 3.51. The molecule has 2 amide bonds. The van der Waals surface area contributed by atoms with Gasteiger partial charge in [0.25, 0.3) is 0 Å². The van der Waals surface area contributed by atoms with E-state index < -0.39 is 6.04 Å². The first kappa shape index (κ1) is 15.0. The SMILES string of the molecule is CCNC(=O)[C@H](C)NC(=O)[C@H]1C[C@@H]1c1cccc(Br)c1. The molecule has 0 aliphatic heterocycles. The first-order chi connectivity index (χ1) is 9.52. The molecule has 0 radical (unpaired) electrons. The lowest BCUT2D eigenvalue weighted by Crippen LogP contribution is -2.45. The number of likely N-dealkylation sites (N-methyl/N-ethyl adjacent to an activating group) is 1. The molecule has 1 fully saturated rings. The fraction of sp³-hybridized carbons (Fsp3) is 0.467. The number of benzene rings is 1. The van der Waals surface area contributed by atoms with Crippen molar-refractivity contribution in [2.75, 3.05) is 6.54 Å². The van der Waals surface area contributed by atoms with Crippen LogP contribution in [0.15, 0.2) is 28.7 Å². The van der Waals surface area contributed by atoms with E-state index in [2.05, 4.69) is 26.6 Å². The number of carbonyl (C=O) groups is 2. The first-order valence-corrected chi connectivity index (χ1v) is 7.65. The van der Waals surface area contributed by atoms with E-state index in [1.54, 1.807) is 6.92 Å². The van der Waals surface area contributed by atoms with Crippen LogP contribution in [-0.4, -0.2) is 24.4 Å². The van der Waals surface area contributed by atoms with Gasteiger partial charge in [-0.15, -0.1) is 0 Å². The van der Waals surface area contributed by atoms with Gasteiger partial charge >= 0.3 is 0 Å². The maximum absolute atomic E-state index is 12.1. The highest BCUT2D eigenvalue weighted by Crippen LogP contribution is 2.47. The van der Waals surface area contributed by atoms with Crippen LogP contribution >= 0.6 is 15.9 Å². The lowest BCUT2D eigenvalue weighted by molar-refractivity contribution is -0.129. The van der Waals surface area contributed by atoms with Crippen molar-refractivity contribution in [3.05, 3.63) is 34.3 Å². The number of rotatable bonds is 5. The number of hydrogen-bond acceptors (Lipinski definition) is 2. The second-order valence-electron chi connectivity index (χ2n) is 5.13. The highest BCUT2D eigenvalue weighted by atomic mass is 79.9. The summed E-state index contributed by atoms with van der Waals surface area (Å²) in [6, 6.07) is 7.55. The van der Waals surface area contributed by atoms with Crippen molar-refractivity contribution in [1.29, 1.82) is 0 Å². The zero-order valence-electron chi connectivity index (χ0n) is 11.7. The summed E-state index contributed by atoms with van der Waals surface area (Å²) in [6.07, 6.45) is 0.852. The van der Waals surface area contributed by atoms with Gasteiger partial charge in [-0.25, -0.2) is 0 Å². The van der Waals surface area contributed by atoms with Gasteiger partial charge in [0.2, 0.25) is 11.8 Å². The third-order valence-corrected chi connectivity index (χ3v) is 4.00. The van der Waals surface area contributed by atoms with Crippen LogP contribution in [0.1, 0.15) is 31.7 Å². The second kappa shape index (κ2) is 6.39. The average molecular weight is 339 g/mol. The lowest BCUT2D eigenvalue weighted by Gasteiger charge is -2.13. The maximum atomic E-state index is 12.1. The molecule has 2 rings (SSSR count). The van der Waals surface area contributed by atoms with Crippen molar-refractivity contribution >= 4 is 27.7 Å². The minimum absolute atomic E-state index is 0.0128. The Morgan fingerprint density at radius 3 is 2.85 bits per heavy atom. The minimum Gasteiger partial charge on any atom is -0.355 e. The van der Waals surface area contributed by atoms with Crippen LogP contribution in [0, 0.1) is 5.92 Å². The van der Waals surface area contributed by atoms with E-state index >= 15 is 0 Å². The number of halogens is 1. The zero-order valence-corrected chi connectivity index (χ0v) is 13.2. The van der Waals surface area contributed by atoms with Crippen molar-refractivity contribution in [1.82, 2.24) is 10.6 Å². The summed E-state index contributed by atoms with van der Waals surface area (Å²) in [4.78, 5) is 23.7. The second-order valence-corrected chi connectivity index (χ2v) is 6.04. The Hall–Kier alpha value is -1.36. The Morgan fingerprint density at radius 1 is 1.45 bits per heavy atom. The van der Waals surface area contributed by atoms with Gasteiger partial charge < -0.3 is 10.6 Å². The molecular weight excluding hydrogens is 320 g/mol. The summed E-state index contributed by atoms with van der Waals surface area (Å²) in [5.74, 6) is 0.0874. The molecular formula is C15H19BrN2O2. The number of carbonyl (C=O) groups excluding carboxylic acids is 2. The lowest BCUT2D eigenvalue weighted by atomic mass is 10.1. The summed E-state index contributed by atoms with van der Waals surface area (Å²) in [6.45, 7) is 4.14. The predicted octanol–water partition coefficient (Wildman–Crippen LogP) is 2.19. The third kappa shape index (κ3) is 3.60. The quantitative estimate of drug-likeness (QED) is 0.864.